The Kier molecular flexibility index (Phi) is 5.15. The van der Waals surface area contributed by atoms with Crippen LogP contribution in [0.15, 0.2) is 64.3 Å². The fraction of sp³-hybridized carbons (Fsp3) is 0.308. The molecule has 1 unspecified atom stereocenters. The van der Waals surface area contributed by atoms with Gasteiger partial charge in [-0.25, -0.2) is 4.98 Å². The number of ether oxygens (including phenoxy) is 1. The predicted molar refractivity (Wildman–Crippen MR) is 131 cm³/mol. The van der Waals surface area contributed by atoms with Crippen LogP contribution >= 0.6 is 11.3 Å². The van der Waals surface area contributed by atoms with Gasteiger partial charge in [-0.15, -0.1) is 11.3 Å². The van der Waals surface area contributed by atoms with Gasteiger partial charge in [-0.3, -0.25) is 9.36 Å². The van der Waals surface area contributed by atoms with Crippen LogP contribution in [0.3, 0.4) is 0 Å². The Morgan fingerprint density at radius 3 is 2.64 bits per heavy atom. The molecule has 3 aromatic heterocycles. The first-order chi connectivity index (χ1) is 16.1. The van der Waals surface area contributed by atoms with Crippen LogP contribution in [0, 0.1) is 0 Å². The second-order valence-corrected chi connectivity index (χ2v) is 9.97. The molecule has 33 heavy (non-hydrogen) atoms. The quantitative estimate of drug-likeness (QED) is 0.410. The third-order valence-electron chi connectivity index (χ3n) is 6.88. The number of furan rings is 1. The Morgan fingerprint density at radius 2 is 1.91 bits per heavy atom. The number of nitrogens with zero attached hydrogens (tertiary/aromatic N) is 3. The van der Waals surface area contributed by atoms with Crippen LogP contribution in [0.4, 0.5) is 0 Å². The summed E-state index contributed by atoms with van der Waals surface area (Å²) < 4.78 is 13.9. The lowest BCUT2D eigenvalue weighted by Crippen LogP contribution is -2.43. The molecule has 6 nitrogen and oxygen atoms in total. The minimum atomic E-state index is -0.0665. The average molecular weight is 460 g/mol. The van der Waals surface area contributed by atoms with Gasteiger partial charge in [-0.05, 0) is 87.3 Å². The Labute approximate surface area is 195 Å². The van der Waals surface area contributed by atoms with Gasteiger partial charge < -0.3 is 14.1 Å². The van der Waals surface area contributed by atoms with Gasteiger partial charge in [-0.1, -0.05) is 0 Å². The lowest BCUT2D eigenvalue weighted by molar-refractivity contribution is 0.0662. The van der Waals surface area contributed by atoms with E-state index in [1.807, 2.05) is 54.6 Å². The van der Waals surface area contributed by atoms with Gasteiger partial charge >= 0.3 is 0 Å². The molecule has 0 saturated carbocycles. The fourth-order valence-corrected chi connectivity index (χ4v) is 6.03. The molecule has 0 amide bonds. The maximum absolute atomic E-state index is 13.1. The molecule has 0 aliphatic carbocycles. The smallest absolute Gasteiger partial charge is 0.275 e. The number of benzene rings is 1. The number of hydrogen-bond acceptors (Lipinski definition) is 6. The second kappa shape index (κ2) is 8.32. The van der Waals surface area contributed by atoms with E-state index in [0.717, 1.165) is 34.9 Å². The molecule has 2 fully saturated rings. The molecular weight excluding hydrogens is 434 g/mol. The van der Waals surface area contributed by atoms with Crippen molar-refractivity contribution in [2.75, 3.05) is 7.05 Å². The van der Waals surface area contributed by atoms with Crippen molar-refractivity contribution in [2.45, 2.75) is 43.9 Å². The first-order valence-electron chi connectivity index (χ1n) is 11.4. The summed E-state index contributed by atoms with van der Waals surface area (Å²) in [6, 6.07) is 14.7. The predicted octanol–water partition coefficient (Wildman–Crippen LogP) is 5.21. The van der Waals surface area contributed by atoms with Crippen LogP contribution < -0.4 is 10.3 Å². The highest BCUT2D eigenvalue weighted by atomic mass is 32.1. The highest BCUT2D eigenvalue weighted by Gasteiger charge is 2.39. The molecule has 6 rings (SSSR count). The number of hydrogen-bond donors (Lipinski definition) is 0. The van der Waals surface area contributed by atoms with Crippen molar-refractivity contribution in [2.24, 2.45) is 0 Å². The minimum absolute atomic E-state index is 0.0665. The van der Waals surface area contributed by atoms with E-state index in [0.29, 0.717) is 22.3 Å². The second-order valence-electron chi connectivity index (χ2n) is 8.89. The third-order valence-corrected chi connectivity index (χ3v) is 7.96. The van der Waals surface area contributed by atoms with Crippen LogP contribution in [-0.4, -0.2) is 39.7 Å². The molecule has 2 bridgehead atoms. The summed E-state index contributed by atoms with van der Waals surface area (Å²) in [5, 5.41) is 0. The summed E-state index contributed by atoms with van der Waals surface area (Å²) in [6.45, 7) is 0. The number of fused-ring (bicyclic) bond motifs is 3. The van der Waals surface area contributed by atoms with Gasteiger partial charge in [0.05, 0.1) is 17.5 Å². The summed E-state index contributed by atoms with van der Waals surface area (Å²) >= 11 is 1.43. The summed E-state index contributed by atoms with van der Waals surface area (Å²) in [6.07, 6.45) is 12.1. The van der Waals surface area contributed by atoms with Crippen molar-refractivity contribution in [3.05, 3.63) is 76.0 Å². The molecule has 0 N–H and O–H groups in total. The van der Waals surface area contributed by atoms with Gasteiger partial charge in [-0.2, -0.15) is 0 Å². The van der Waals surface area contributed by atoms with E-state index in [4.69, 9.17) is 9.15 Å². The summed E-state index contributed by atoms with van der Waals surface area (Å²) in [5.74, 6) is 1.63. The normalized spacial score (nSPS) is 23.0. The molecule has 2 aliphatic heterocycles. The molecule has 2 aliphatic rings. The minimum Gasteiger partial charge on any atom is -0.490 e. The van der Waals surface area contributed by atoms with Crippen molar-refractivity contribution in [3.8, 4) is 11.4 Å². The Hall–Kier alpha value is -3.16. The van der Waals surface area contributed by atoms with Gasteiger partial charge in [0.1, 0.15) is 28.6 Å². The number of rotatable bonds is 5. The number of piperidine rings is 1. The van der Waals surface area contributed by atoms with Crippen molar-refractivity contribution >= 4 is 33.7 Å². The van der Waals surface area contributed by atoms with Gasteiger partial charge in [0.2, 0.25) is 0 Å². The largest absolute Gasteiger partial charge is 0.490 e. The molecular formula is C26H25N3O3S. The zero-order chi connectivity index (χ0) is 22.4. The molecule has 0 spiro atoms. The van der Waals surface area contributed by atoms with Crippen molar-refractivity contribution < 1.29 is 9.15 Å². The van der Waals surface area contributed by atoms with Crippen molar-refractivity contribution in [1.82, 2.24) is 14.5 Å². The van der Waals surface area contributed by atoms with Crippen LogP contribution in [0.5, 0.6) is 5.75 Å². The zero-order valence-electron chi connectivity index (χ0n) is 18.4. The first kappa shape index (κ1) is 20.4. The molecule has 168 valence electrons. The van der Waals surface area contributed by atoms with Crippen LogP contribution in [0.1, 0.15) is 36.3 Å². The van der Waals surface area contributed by atoms with Crippen molar-refractivity contribution in [1.29, 1.82) is 0 Å². The van der Waals surface area contributed by atoms with Crippen LogP contribution in [0.2, 0.25) is 0 Å². The Morgan fingerprint density at radius 1 is 1.12 bits per heavy atom. The summed E-state index contributed by atoms with van der Waals surface area (Å²) in [4.78, 5) is 21.1. The highest BCUT2D eigenvalue weighted by molar-refractivity contribution is 7.19. The first-order valence-corrected chi connectivity index (χ1v) is 12.2. The van der Waals surface area contributed by atoms with Crippen LogP contribution in [0.25, 0.3) is 28.1 Å². The zero-order valence-corrected chi connectivity index (χ0v) is 19.2. The fourth-order valence-electron chi connectivity index (χ4n) is 5.08. The van der Waals surface area contributed by atoms with E-state index in [9.17, 15) is 4.79 Å². The molecule has 7 heteroatoms. The topological polar surface area (TPSA) is 60.5 Å². The molecule has 0 radical (unpaired) electrons. The molecule has 2 saturated heterocycles. The van der Waals surface area contributed by atoms with Gasteiger partial charge in [0.25, 0.3) is 5.56 Å². The van der Waals surface area contributed by atoms with Crippen LogP contribution in [-0.2, 0) is 0 Å². The molecule has 5 heterocycles. The standard InChI is InChI=1S/C26H25N3O3S/c1-28-18-4-5-19(28)14-22(13-18)32-21-8-6-17(7-9-21)29-16-27-24-15-23(33-25(24)26(29)30)11-10-20-3-2-12-31-20/h2-3,6-12,15-16,18-19,22H,4-5,13-14H2,1H3/t18-,19+,22?. The van der Waals surface area contributed by atoms with Gasteiger partial charge in [0, 0.05) is 17.0 Å². The lowest BCUT2D eigenvalue weighted by atomic mass is 10.0. The third kappa shape index (κ3) is 3.92. The van der Waals surface area contributed by atoms with E-state index >= 15 is 0 Å². The van der Waals surface area contributed by atoms with E-state index in [-0.39, 0.29) is 11.7 Å². The maximum Gasteiger partial charge on any atom is 0.275 e. The number of thiophene rings is 1. The summed E-state index contributed by atoms with van der Waals surface area (Å²) in [7, 11) is 2.24. The van der Waals surface area contributed by atoms with E-state index in [1.165, 1.54) is 24.2 Å². The van der Waals surface area contributed by atoms with Crippen molar-refractivity contribution in [3.63, 3.8) is 0 Å². The SMILES string of the molecule is CN1[C@@H]2CC[C@H]1CC(Oc1ccc(-n3cnc4cc(C=Cc5ccco5)sc4c3=O)cc1)C2. The highest BCUT2D eigenvalue weighted by Crippen LogP contribution is 2.36. The number of aromatic nitrogens is 2. The Bertz CT molecular complexity index is 1340. The molecule has 1 aromatic carbocycles. The monoisotopic (exact) mass is 459 g/mol. The van der Waals surface area contributed by atoms with E-state index in [1.54, 1.807) is 17.2 Å². The van der Waals surface area contributed by atoms with E-state index < -0.39 is 0 Å². The lowest BCUT2D eigenvalue weighted by Gasteiger charge is -2.36. The van der Waals surface area contributed by atoms with E-state index in [2.05, 4.69) is 16.9 Å². The van der Waals surface area contributed by atoms with Gasteiger partial charge in [0.15, 0.2) is 0 Å². The summed E-state index contributed by atoms with van der Waals surface area (Å²) in [5.41, 5.74) is 1.42. The average Bonchev–Trinajstić information content (AvgIpc) is 3.53. The Balaban J connectivity index is 1.21. The molecule has 3 atom stereocenters. The molecule has 4 aromatic rings. The maximum atomic E-state index is 13.1.